The molecule has 0 bridgehead atoms. The van der Waals surface area contributed by atoms with Crippen molar-refractivity contribution in [2.24, 2.45) is 0 Å². The minimum absolute atomic E-state index is 0.225. The average molecular weight is 307 g/mol. The first-order chi connectivity index (χ1) is 9.79. The van der Waals surface area contributed by atoms with E-state index in [9.17, 15) is 27.5 Å². The molecule has 8 heteroatoms. The number of rotatable bonds is 3. The van der Waals surface area contributed by atoms with Crippen molar-refractivity contribution in [1.29, 1.82) is 0 Å². The van der Waals surface area contributed by atoms with Gasteiger partial charge in [0.15, 0.2) is 0 Å². The maximum absolute atomic E-state index is 13.4. The van der Waals surface area contributed by atoms with Gasteiger partial charge in [-0.25, -0.2) is 4.39 Å². The summed E-state index contributed by atoms with van der Waals surface area (Å²) in [5, 5.41) is 9.28. The van der Waals surface area contributed by atoms with E-state index in [4.69, 9.17) is 4.74 Å². The molecule has 4 nitrogen and oxygen atoms in total. The molecule has 1 aromatic carbocycles. The minimum Gasteiger partial charge on any atom is -0.480 e. The number of benzene rings is 1. The fourth-order valence-electron chi connectivity index (χ4n) is 2.28. The molecule has 0 aliphatic carbocycles. The van der Waals surface area contributed by atoms with E-state index in [1.807, 2.05) is 0 Å². The van der Waals surface area contributed by atoms with Gasteiger partial charge in [-0.3, -0.25) is 9.69 Å². The van der Waals surface area contributed by atoms with Gasteiger partial charge in [-0.15, -0.1) is 0 Å². The molecule has 1 unspecified atom stereocenters. The highest BCUT2D eigenvalue weighted by Gasteiger charge is 2.35. The van der Waals surface area contributed by atoms with Crippen LogP contribution in [0.5, 0.6) is 0 Å². The lowest BCUT2D eigenvalue weighted by Crippen LogP contribution is -2.42. The Morgan fingerprint density at radius 2 is 1.86 bits per heavy atom. The molecule has 1 N–H and O–H groups in total. The summed E-state index contributed by atoms with van der Waals surface area (Å²) in [6.07, 6.45) is -4.73. The lowest BCUT2D eigenvalue weighted by atomic mass is 10.0. The van der Waals surface area contributed by atoms with Gasteiger partial charge in [0.1, 0.15) is 11.9 Å². The van der Waals surface area contributed by atoms with E-state index in [-0.39, 0.29) is 31.9 Å². The van der Waals surface area contributed by atoms with Crippen LogP contribution in [0.25, 0.3) is 0 Å². The number of carbonyl (C=O) groups is 1. The Kier molecular flexibility index (Phi) is 4.48. The molecule has 21 heavy (non-hydrogen) atoms. The number of hydrogen-bond donors (Lipinski definition) is 1. The molecule has 0 radical (unpaired) electrons. The smallest absolute Gasteiger partial charge is 0.416 e. The van der Waals surface area contributed by atoms with E-state index >= 15 is 0 Å². The standard InChI is InChI=1S/C13H13F4NO3/c14-10-6-8(5-9(7-10)13(15,16)17)11(12(19)20)18-1-3-21-4-2-18/h5-7,11H,1-4H2,(H,19,20). The van der Waals surface area contributed by atoms with Crippen LogP contribution in [-0.4, -0.2) is 42.3 Å². The van der Waals surface area contributed by atoms with Crippen LogP contribution in [0.4, 0.5) is 17.6 Å². The number of carboxylic acids is 1. The highest BCUT2D eigenvalue weighted by molar-refractivity contribution is 5.75. The van der Waals surface area contributed by atoms with Crippen LogP contribution < -0.4 is 0 Å². The van der Waals surface area contributed by atoms with E-state index in [0.717, 1.165) is 6.07 Å². The van der Waals surface area contributed by atoms with Crippen molar-refractivity contribution in [3.05, 3.63) is 35.1 Å². The van der Waals surface area contributed by atoms with E-state index < -0.39 is 29.6 Å². The SMILES string of the molecule is O=C(O)C(c1cc(F)cc(C(F)(F)F)c1)N1CCOCC1. The van der Waals surface area contributed by atoms with Crippen molar-refractivity contribution in [2.45, 2.75) is 12.2 Å². The molecule has 0 spiro atoms. The van der Waals surface area contributed by atoms with Crippen molar-refractivity contribution in [3.63, 3.8) is 0 Å². The van der Waals surface area contributed by atoms with E-state index in [2.05, 4.69) is 0 Å². The molecule has 1 saturated heterocycles. The van der Waals surface area contributed by atoms with Crippen LogP contribution >= 0.6 is 0 Å². The van der Waals surface area contributed by atoms with Gasteiger partial charge in [-0.05, 0) is 23.8 Å². The fourth-order valence-corrected chi connectivity index (χ4v) is 2.28. The van der Waals surface area contributed by atoms with Gasteiger partial charge in [0.05, 0.1) is 18.8 Å². The van der Waals surface area contributed by atoms with Crippen LogP contribution in [0, 0.1) is 5.82 Å². The summed E-state index contributed by atoms with van der Waals surface area (Å²) in [6.45, 7) is 1.08. The third-order valence-corrected chi connectivity index (χ3v) is 3.21. The Labute approximate surface area is 117 Å². The Balaban J connectivity index is 2.40. The van der Waals surface area contributed by atoms with Crippen LogP contribution in [0.15, 0.2) is 18.2 Å². The van der Waals surface area contributed by atoms with Gasteiger partial charge in [0.2, 0.25) is 0 Å². The van der Waals surface area contributed by atoms with E-state index in [1.54, 1.807) is 0 Å². The topological polar surface area (TPSA) is 49.8 Å². The summed E-state index contributed by atoms with van der Waals surface area (Å²) in [7, 11) is 0. The van der Waals surface area contributed by atoms with Crippen molar-refractivity contribution < 1.29 is 32.2 Å². The largest absolute Gasteiger partial charge is 0.480 e. The molecular weight excluding hydrogens is 294 g/mol. The van der Waals surface area contributed by atoms with Gasteiger partial charge in [0.25, 0.3) is 0 Å². The van der Waals surface area contributed by atoms with Gasteiger partial charge in [0, 0.05) is 13.1 Å². The second-order valence-corrected chi connectivity index (χ2v) is 4.66. The van der Waals surface area contributed by atoms with Crippen molar-refractivity contribution in [3.8, 4) is 0 Å². The Hall–Kier alpha value is -1.67. The highest BCUT2D eigenvalue weighted by atomic mass is 19.4. The summed E-state index contributed by atoms with van der Waals surface area (Å²) >= 11 is 0. The van der Waals surface area contributed by atoms with Gasteiger partial charge < -0.3 is 9.84 Å². The molecule has 1 fully saturated rings. The van der Waals surface area contributed by atoms with E-state index in [0.29, 0.717) is 12.1 Å². The number of alkyl halides is 3. The molecule has 1 aliphatic rings. The molecule has 1 aromatic rings. The lowest BCUT2D eigenvalue weighted by Gasteiger charge is -2.32. The fraction of sp³-hybridized carbons (Fsp3) is 0.462. The van der Waals surface area contributed by atoms with E-state index in [1.165, 1.54) is 4.90 Å². The zero-order valence-corrected chi connectivity index (χ0v) is 10.9. The molecule has 116 valence electrons. The number of halogens is 4. The summed E-state index contributed by atoms with van der Waals surface area (Å²) < 4.78 is 56.6. The van der Waals surface area contributed by atoms with Gasteiger partial charge in [-0.1, -0.05) is 0 Å². The third-order valence-electron chi connectivity index (χ3n) is 3.21. The number of carboxylic acid groups (broad SMARTS) is 1. The van der Waals surface area contributed by atoms with Crippen molar-refractivity contribution in [2.75, 3.05) is 26.3 Å². The minimum atomic E-state index is -4.73. The Morgan fingerprint density at radius 3 is 2.38 bits per heavy atom. The maximum Gasteiger partial charge on any atom is 0.416 e. The van der Waals surface area contributed by atoms with Crippen LogP contribution in [-0.2, 0) is 15.7 Å². The third kappa shape index (κ3) is 3.70. The first-order valence-corrected chi connectivity index (χ1v) is 6.21. The molecular formula is C13H13F4NO3. The van der Waals surface area contributed by atoms with Crippen LogP contribution in [0.3, 0.4) is 0 Å². The number of nitrogens with zero attached hydrogens (tertiary/aromatic N) is 1. The highest BCUT2D eigenvalue weighted by Crippen LogP contribution is 2.33. The molecule has 1 atom stereocenters. The van der Waals surface area contributed by atoms with Crippen LogP contribution in [0.1, 0.15) is 17.2 Å². The normalized spacial score (nSPS) is 18.5. The average Bonchev–Trinajstić information content (AvgIpc) is 2.38. The lowest BCUT2D eigenvalue weighted by molar-refractivity contribution is -0.146. The Morgan fingerprint density at radius 1 is 1.24 bits per heavy atom. The second-order valence-electron chi connectivity index (χ2n) is 4.66. The van der Waals surface area contributed by atoms with Crippen molar-refractivity contribution >= 4 is 5.97 Å². The number of hydrogen-bond acceptors (Lipinski definition) is 3. The predicted molar refractivity (Wildman–Crippen MR) is 64.2 cm³/mol. The van der Waals surface area contributed by atoms with Gasteiger partial charge >= 0.3 is 12.1 Å². The summed E-state index contributed by atoms with van der Waals surface area (Å²) in [5.41, 5.74) is -1.42. The molecule has 0 saturated carbocycles. The zero-order chi connectivity index (χ0) is 15.6. The number of ether oxygens (including phenoxy) is 1. The molecule has 0 amide bonds. The number of morpholine rings is 1. The monoisotopic (exact) mass is 307 g/mol. The first-order valence-electron chi connectivity index (χ1n) is 6.21. The molecule has 0 aromatic heterocycles. The molecule has 1 heterocycles. The zero-order valence-electron chi connectivity index (χ0n) is 10.9. The first kappa shape index (κ1) is 15.7. The summed E-state index contributed by atoms with van der Waals surface area (Å²) in [5.74, 6) is -2.44. The van der Waals surface area contributed by atoms with Crippen molar-refractivity contribution in [1.82, 2.24) is 4.90 Å². The Bertz CT molecular complexity index is 527. The van der Waals surface area contributed by atoms with Gasteiger partial charge in [-0.2, -0.15) is 13.2 Å². The second kappa shape index (κ2) is 5.98. The number of aliphatic carboxylic acids is 1. The quantitative estimate of drug-likeness (QED) is 0.871. The predicted octanol–water partition coefficient (Wildman–Crippen LogP) is 2.30. The molecule has 1 aliphatic heterocycles. The molecule has 2 rings (SSSR count). The maximum atomic E-state index is 13.4. The summed E-state index contributed by atoms with van der Waals surface area (Å²) in [6, 6.07) is 0.522. The van der Waals surface area contributed by atoms with Crippen LogP contribution in [0.2, 0.25) is 0 Å². The summed E-state index contributed by atoms with van der Waals surface area (Å²) in [4.78, 5) is 12.8.